The van der Waals surface area contributed by atoms with Crippen molar-refractivity contribution >= 4 is 31.9 Å². The lowest BCUT2D eigenvalue weighted by atomic mass is 9.97. The zero-order valence-corrected chi connectivity index (χ0v) is 12.6. The van der Waals surface area contributed by atoms with Crippen molar-refractivity contribution in [2.45, 2.75) is 12.3 Å². The molecule has 1 aromatic heterocycles. The van der Waals surface area contributed by atoms with Crippen LogP contribution in [-0.2, 0) is 13.5 Å². The summed E-state index contributed by atoms with van der Waals surface area (Å²) in [5.41, 5.74) is 1.30. The van der Waals surface area contributed by atoms with Gasteiger partial charge in [0.25, 0.3) is 0 Å². The highest BCUT2D eigenvalue weighted by molar-refractivity contribution is 9.10. The number of halogens is 2. The molecule has 0 aliphatic rings. The van der Waals surface area contributed by atoms with Gasteiger partial charge in [-0.25, -0.2) is 4.98 Å². The van der Waals surface area contributed by atoms with Gasteiger partial charge in [0.05, 0.1) is 0 Å². The van der Waals surface area contributed by atoms with Gasteiger partial charge in [0.15, 0.2) is 0 Å². The molecule has 1 aromatic carbocycles. The Morgan fingerprint density at radius 1 is 1.41 bits per heavy atom. The van der Waals surface area contributed by atoms with Crippen LogP contribution in [0.1, 0.15) is 17.3 Å². The van der Waals surface area contributed by atoms with Crippen LogP contribution in [-0.4, -0.2) is 20.1 Å². The molecular weight excluding hydrogens is 346 g/mol. The van der Waals surface area contributed by atoms with E-state index in [9.17, 15) is 0 Å². The van der Waals surface area contributed by atoms with Crippen LogP contribution in [0.4, 0.5) is 0 Å². The number of nitrogens with zero attached hydrogens (tertiary/aromatic N) is 3. The van der Waals surface area contributed by atoms with Crippen LogP contribution in [0.5, 0.6) is 0 Å². The Kier molecular flexibility index (Phi) is 4.34. The number of rotatable bonds is 4. The third-order valence-corrected chi connectivity index (χ3v) is 4.02. The average Bonchev–Trinajstić information content (AvgIpc) is 2.71. The van der Waals surface area contributed by atoms with E-state index in [1.54, 1.807) is 6.33 Å². The van der Waals surface area contributed by atoms with E-state index in [0.717, 1.165) is 22.0 Å². The molecule has 17 heavy (non-hydrogen) atoms. The molecular formula is C12H13Br2N3. The van der Waals surface area contributed by atoms with Gasteiger partial charge in [-0.3, -0.25) is 4.68 Å². The molecule has 0 aliphatic carbocycles. The second-order valence-electron chi connectivity index (χ2n) is 3.91. The van der Waals surface area contributed by atoms with Gasteiger partial charge in [-0.15, -0.1) is 0 Å². The molecule has 0 saturated carbocycles. The minimum atomic E-state index is 0.412. The van der Waals surface area contributed by atoms with Crippen molar-refractivity contribution in [1.29, 1.82) is 0 Å². The van der Waals surface area contributed by atoms with Gasteiger partial charge in [0, 0.05) is 29.2 Å². The third kappa shape index (κ3) is 3.16. The summed E-state index contributed by atoms with van der Waals surface area (Å²) in [6, 6.07) is 8.40. The molecule has 0 N–H and O–H groups in total. The fourth-order valence-corrected chi connectivity index (χ4v) is 2.77. The summed E-state index contributed by atoms with van der Waals surface area (Å²) in [7, 11) is 1.93. The maximum absolute atomic E-state index is 4.27. The summed E-state index contributed by atoms with van der Waals surface area (Å²) >= 11 is 7.08. The first-order valence-electron chi connectivity index (χ1n) is 5.35. The van der Waals surface area contributed by atoms with Crippen molar-refractivity contribution in [1.82, 2.24) is 14.8 Å². The molecule has 90 valence electrons. The van der Waals surface area contributed by atoms with E-state index in [1.807, 2.05) is 17.8 Å². The second-order valence-corrected chi connectivity index (χ2v) is 5.47. The van der Waals surface area contributed by atoms with E-state index in [2.05, 4.69) is 60.1 Å². The predicted octanol–water partition coefficient (Wildman–Crippen LogP) is 3.30. The number of aryl methyl sites for hydroxylation is 1. The molecule has 2 aromatic rings. The lowest BCUT2D eigenvalue weighted by Gasteiger charge is -2.14. The largest absolute Gasteiger partial charge is 0.253 e. The minimum Gasteiger partial charge on any atom is -0.253 e. The molecule has 0 bridgehead atoms. The molecule has 0 saturated heterocycles. The Balaban J connectivity index is 2.20. The van der Waals surface area contributed by atoms with E-state index in [4.69, 9.17) is 0 Å². The van der Waals surface area contributed by atoms with Crippen molar-refractivity contribution < 1.29 is 0 Å². The molecule has 0 amide bonds. The molecule has 0 spiro atoms. The number of benzene rings is 1. The topological polar surface area (TPSA) is 30.7 Å². The Labute approximate surface area is 118 Å². The third-order valence-electron chi connectivity index (χ3n) is 2.74. The number of alkyl halides is 1. The van der Waals surface area contributed by atoms with Crippen molar-refractivity contribution in [3.63, 3.8) is 0 Å². The summed E-state index contributed by atoms with van der Waals surface area (Å²) in [5, 5.41) is 5.01. The van der Waals surface area contributed by atoms with Crippen molar-refractivity contribution in [3.8, 4) is 0 Å². The predicted molar refractivity (Wildman–Crippen MR) is 75.4 cm³/mol. The molecule has 1 atom stereocenters. The first-order valence-corrected chi connectivity index (χ1v) is 7.26. The average molecular weight is 359 g/mol. The van der Waals surface area contributed by atoms with Crippen LogP contribution in [0.2, 0.25) is 0 Å². The van der Waals surface area contributed by atoms with Crippen LogP contribution in [0.15, 0.2) is 35.1 Å². The van der Waals surface area contributed by atoms with E-state index in [-0.39, 0.29) is 0 Å². The Morgan fingerprint density at radius 2 is 2.24 bits per heavy atom. The maximum Gasteiger partial charge on any atom is 0.138 e. The monoisotopic (exact) mass is 357 g/mol. The van der Waals surface area contributed by atoms with Crippen LogP contribution in [0, 0.1) is 0 Å². The quantitative estimate of drug-likeness (QED) is 0.785. The van der Waals surface area contributed by atoms with Gasteiger partial charge in [0.1, 0.15) is 12.2 Å². The molecule has 5 heteroatoms. The lowest BCUT2D eigenvalue weighted by molar-refractivity contribution is 0.651. The van der Waals surface area contributed by atoms with E-state index in [0.29, 0.717) is 5.92 Å². The van der Waals surface area contributed by atoms with E-state index in [1.165, 1.54) is 5.56 Å². The molecule has 0 fully saturated rings. The van der Waals surface area contributed by atoms with E-state index >= 15 is 0 Å². The van der Waals surface area contributed by atoms with Crippen LogP contribution < -0.4 is 0 Å². The van der Waals surface area contributed by atoms with Gasteiger partial charge in [0.2, 0.25) is 0 Å². The zero-order valence-electron chi connectivity index (χ0n) is 9.48. The minimum absolute atomic E-state index is 0.412. The summed E-state index contributed by atoms with van der Waals surface area (Å²) in [6.07, 6.45) is 2.49. The standard InChI is InChI=1S/C12H13Br2N3/c1-17-12(15-8-16-17)6-10(7-13)9-3-2-4-11(14)5-9/h2-5,8,10H,6-7H2,1H3. The van der Waals surface area contributed by atoms with Gasteiger partial charge in [-0.05, 0) is 17.7 Å². The molecule has 3 nitrogen and oxygen atoms in total. The normalized spacial score (nSPS) is 12.6. The molecule has 1 heterocycles. The number of hydrogen-bond acceptors (Lipinski definition) is 2. The SMILES string of the molecule is Cn1ncnc1CC(CBr)c1cccc(Br)c1. The van der Waals surface area contributed by atoms with Crippen molar-refractivity contribution in [3.05, 3.63) is 46.5 Å². The van der Waals surface area contributed by atoms with Gasteiger partial charge in [-0.2, -0.15) is 5.10 Å². The van der Waals surface area contributed by atoms with Crippen LogP contribution >= 0.6 is 31.9 Å². The fraction of sp³-hybridized carbons (Fsp3) is 0.333. The molecule has 0 radical (unpaired) electrons. The summed E-state index contributed by atoms with van der Waals surface area (Å²) < 4.78 is 2.94. The van der Waals surface area contributed by atoms with E-state index < -0.39 is 0 Å². The lowest BCUT2D eigenvalue weighted by Crippen LogP contribution is -2.09. The van der Waals surface area contributed by atoms with Gasteiger partial charge >= 0.3 is 0 Å². The highest BCUT2D eigenvalue weighted by Gasteiger charge is 2.14. The summed E-state index contributed by atoms with van der Waals surface area (Å²) in [6.45, 7) is 0. The number of aromatic nitrogens is 3. The highest BCUT2D eigenvalue weighted by atomic mass is 79.9. The zero-order chi connectivity index (χ0) is 12.3. The summed E-state index contributed by atoms with van der Waals surface area (Å²) in [5.74, 6) is 1.42. The van der Waals surface area contributed by atoms with Crippen LogP contribution in [0.3, 0.4) is 0 Å². The Bertz CT molecular complexity index is 496. The van der Waals surface area contributed by atoms with Crippen molar-refractivity contribution in [2.75, 3.05) is 5.33 Å². The Morgan fingerprint density at radius 3 is 2.82 bits per heavy atom. The van der Waals surface area contributed by atoms with Gasteiger partial charge in [-0.1, -0.05) is 44.0 Å². The maximum atomic E-state index is 4.27. The first kappa shape index (κ1) is 12.8. The molecule has 2 rings (SSSR count). The van der Waals surface area contributed by atoms with Gasteiger partial charge < -0.3 is 0 Å². The second kappa shape index (κ2) is 5.78. The smallest absolute Gasteiger partial charge is 0.138 e. The molecule has 0 aliphatic heterocycles. The highest BCUT2D eigenvalue weighted by Crippen LogP contribution is 2.24. The first-order chi connectivity index (χ1) is 8.20. The number of hydrogen-bond donors (Lipinski definition) is 0. The molecule has 1 unspecified atom stereocenters. The Hall–Kier alpha value is -0.680. The van der Waals surface area contributed by atoms with Crippen LogP contribution in [0.25, 0.3) is 0 Å². The fourth-order valence-electron chi connectivity index (χ4n) is 1.75. The summed E-state index contributed by atoms with van der Waals surface area (Å²) in [4.78, 5) is 4.27. The van der Waals surface area contributed by atoms with Crippen molar-refractivity contribution in [2.24, 2.45) is 7.05 Å².